The molecule has 63 heavy (non-hydrogen) atoms. The van der Waals surface area contributed by atoms with Crippen molar-refractivity contribution in [2.24, 2.45) is 5.92 Å². The Hall–Kier alpha value is -5.12. The highest BCUT2D eigenvalue weighted by atomic mass is 28.4. The van der Waals surface area contributed by atoms with Crippen LogP contribution in [0.3, 0.4) is 0 Å². The second kappa shape index (κ2) is 15.8. The van der Waals surface area contributed by atoms with Gasteiger partial charge in [-0.2, -0.15) is 0 Å². The standard InChI is InChI=1S/C49H58FN7O5Si/c1-34-43(63(2,3)50)42(19-28-58)62-49(34)40-30-39(55-33-57(37-14-8-5-9-15-37)48(45(55)60)22-26-52-27-23-48)17-18-41(40)53(46(49)61)31-35-11-10-16-38(29-35)54-32-56(36-12-6-4-7-13-36)47(44(54)59)20-24-51-25-21-47/h4-18,29-30,34,42-43,51-52,58H,19-28,31-33H2,1-3H3/t34-,42+,43-,49+/m1/s1. The molecule has 330 valence electrons. The third kappa shape index (κ3) is 6.54. The van der Waals surface area contributed by atoms with Gasteiger partial charge in [0.25, 0.3) is 17.7 Å². The summed E-state index contributed by atoms with van der Waals surface area (Å²) in [4.78, 5) is 54.8. The number of para-hydroxylation sites is 2. The molecule has 3 N–H and O–H groups in total. The average Bonchev–Trinajstić information content (AvgIpc) is 3.93. The lowest BCUT2D eigenvalue weighted by Crippen LogP contribution is -2.55. The monoisotopic (exact) mass is 871 g/mol. The second-order valence-electron chi connectivity index (χ2n) is 18.9. The summed E-state index contributed by atoms with van der Waals surface area (Å²) in [7, 11) is -3.46. The number of amides is 3. The van der Waals surface area contributed by atoms with Crippen LogP contribution in [-0.4, -0.2) is 94.5 Å². The molecule has 4 aromatic carbocycles. The Morgan fingerprint density at radius 3 is 1.75 bits per heavy atom. The molecule has 5 fully saturated rings. The number of anilines is 5. The van der Waals surface area contributed by atoms with Gasteiger partial charge in [0.1, 0.15) is 11.1 Å². The molecule has 12 nitrogen and oxygen atoms in total. The van der Waals surface area contributed by atoms with Gasteiger partial charge in [-0.05, 0) is 132 Å². The van der Waals surface area contributed by atoms with Crippen LogP contribution in [0.1, 0.15) is 50.2 Å². The van der Waals surface area contributed by atoms with E-state index in [9.17, 15) is 14.7 Å². The molecule has 0 unspecified atom stereocenters. The summed E-state index contributed by atoms with van der Waals surface area (Å²) in [5.41, 5.74) is 1.99. The molecule has 6 heterocycles. The smallest absolute Gasteiger partial charge is 0.264 e. The molecule has 6 aliphatic rings. The first-order valence-electron chi connectivity index (χ1n) is 22.7. The van der Waals surface area contributed by atoms with Gasteiger partial charge in [-0.1, -0.05) is 55.5 Å². The maximum Gasteiger partial charge on any atom is 0.264 e. The van der Waals surface area contributed by atoms with E-state index in [0.29, 0.717) is 56.0 Å². The Bertz CT molecular complexity index is 2390. The van der Waals surface area contributed by atoms with Gasteiger partial charge in [-0.3, -0.25) is 24.2 Å². The van der Waals surface area contributed by atoms with E-state index in [4.69, 9.17) is 4.74 Å². The van der Waals surface area contributed by atoms with Crippen LogP contribution in [-0.2, 0) is 31.3 Å². The molecule has 4 aromatic rings. The van der Waals surface area contributed by atoms with E-state index in [0.717, 1.165) is 48.8 Å². The number of hydrogen-bond donors (Lipinski definition) is 3. The number of ether oxygens (including phenoxy) is 1. The van der Waals surface area contributed by atoms with Crippen molar-refractivity contribution in [1.82, 2.24) is 10.6 Å². The quantitative estimate of drug-likeness (QED) is 0.132. The molecule has 0 radical (unpaired) electrons. The second-order valence-corrected chi connectivity index (χ2v) is 22.7. The number of carbonyl (C=O) groups excluding carboxylic acids is 3. The fourth-order valence-electron chi connectivity index (χ4n) is 12.1. The van der Waals surface area contributed by atoms with Gasteiger partial charge >= 0.3 is 0 Å². The van der Waals surface area contributed by atoms with Crippen LogP contribution in [0.4, 0.5) is 32.5 Å². The van der Waals surface area contributed by atoms with Crippen LogP contribution in [0.15, 0.2) is 103 Å². The number of halogens is 1. The van der Waals surface area contributed by atoms with Crippen LogP contribution >= 0.6 is 0 Å². The zero-order valence-electron chi connectivity index (χ0n) is 36.4. The molecule has 0 aliphatic carbocycles. The Labute approximate surface area is 370 Å². The third-order valence-electron chi connectivity index (χ3n) is 15.1. The topological polar surface area (TPSA) is 121 Å². The highest BCUT2D eigenvalue weighted by molar-refractivity contribution is 6.72. The van der Waals surface area contributed by atoms with Crippen molar-refractivity contribution >= 4 is 54.6 Å². The lowest BCUT2D eigenvalue weighted by atomic mass is 9.82. The average molecular weight is 872 g/mol. The zero-order chi connectivity index (χ0) is 43.7. The number of benzene rings is 4. The minimum Gasteiger partial charge on any atom is -0.396 e. The van der Waals surface area contributed by atoms with Gasteiger partial charge in [-0.15, -0.1) is 0 Å². The third-order valence-corrected chi connectivity index (χ3v) is 17.6. The largest absolute Gasteiger partial charge is 0.396 e. The minimum atomic E-state index is -3.46. The summed E-state index contributed by atoms with van der Waals surface area (Å²) >= 11 is 0. The lowest BCUT2D eigenvalue weighted by molar-refractivity contribution is -0.146. The summed E-state index contributed by atoms with van der Waals surface area (Å²) in [6.07, 6.45) is 2.24. The van der Waals surface area contributed by atoms with Crippen molar-refractivity contribution < 1.29 is 28.3 Å². The molecular formula is C49H58FN7O5Si. The minimum absolute atomic E-state index is 0.0159. The number of aliphatic hydroxyl groups is 1. The van der Waals surface area contributed by atoms with E-state index in [-0.39, 0.29) is 37.3 Å². The van der Waals surface area contributed by atoms with Crippen molar-refractivity contribution in [3.8, 4) is 0 Å². The number of carbonyl (C=O) groups is 3. The number of piperidine rings is 2. The Morgan fingerprint density at radius 1 is 0.698 bits per heavy atom. The first-order valence-corrected chi connectivity index (χ1v) is 25.6. The van der Waals surface area contributed by atoms with Crippen LogP contribution in [0.25, 0.3) is 0 Å². The number of hydrogen-bond acceptors (Lipinski definition) is 9. The van der Waals surface area contributed by atoms with Crippen LogP contribution < -0.4 is 35.1 Å². The van der Waals surface area contributed by atoms with E-state index < -0.39 is 42.6 Å². The Balaban J connectivity index is 1.03. The van der Waals surface area contributed by atoms with Crippen molar-refractivity contribution in [2.45, 2.75) is 87.0 Å². The summed E-state index contributed by atoms with van der Waals surface area (Å²) in [6.45, 7) is 8.91. The first-order chi connectivity index (χ1) is 30.4. The SMILES string of the molecule is C[C@@H]1[C@@H]([Si](C)(C)F)[C@H](CCO)O[C@@]12C(=O)N(Cc1cccc(N3CN(c4ccccc4)C4(CCNCC4)C3=O)c1)c1ccc(N3CN(c4ccccc4)C4(CCNCC4)C3=O)cc12. The molecule has 10 rings (SSSR count). The fourth-order valence-corrected chi connectivity index (χ4v) is 14.6. The summed E-state index contributed by atoms with van der Waals surface area (Å²) in [6, 6.07) is 33.8. The number of nitrogens with zero attached hydrogens (tertiary/aromatic N) is 5. The van der Waals surface area contributed by atoms with Crippen molar-refractivity contribution in [3.63, 3.8) is 0 Å². The normalized spacial score (nSPS) is 26.6. The van der Waals surface area contributed by atoms with Gasteiger partial charge in [0.15, 0.2) is 5.60 Å². The van der Waals surface area contributed by atoms with Gasteiger partial charge < -0.3 is 39.3 Å². The van der Waals surface area contributed by atoms with Gasteiger partial charge in [-0.25, -0.2) is 0 Å². The van der Waals surface area contributed by atoms with E-state index in [1.54, 1.807) is 18.0 Å². The highest BCUT2D eigenvalue weighted by Gasteiger charge is 2.67. The van der Waals surface area contributed by atoms with Crippen molar-refractivity contribution in [2.75, 3.05) is 70.6 Å². The number of rotatable bonds is 9. The molecule has 14 heteroatoms. The number of fused-ring (bicyclic) bond motifs is 2. The summed E-state index contributed by atoms with van der Waals surface area (Å²) < 4.78 is 23.5. The molecule has 3 amide bonds. The molecular weight excluding hydrogens is 814 g/mol. The maximum absolute atomic E-state index is 16.5. The maximum atomic E-state index is 16.5. The molecule has 4 atom stereocenters. The van der Waals surface area contributed by atoms with E-state index >= 15 is 8.90 Å². The van der Waals surface area contributed by atoms with Crippen LogP contribution in [0.5, 0.6) is 0 Å². The highest BCUT2D eigenvalue weighted by Crippen LogP contribution is 2.61. The first kappa shape index (κ1) is 41.9. The predicted octanol–water partition coefficient (Wildman–Crippen LogP) is 6.26. The van der Waals surface area contributed by atoms with Crippen LogP contribution in [0, 0.1) is 5.92 Å². The number of nitrogens with one attached hydrogen (secondary N) is 2. The lowest BCUT2D eigenvalue weighted by Gasteiger charge is -2.39. The molecule has 0 bridgehead atoms. The molecule has 0 saturated carbocycles. The van der Waals surface area contributed by atoms with Crippen molar-refractivity contribution in [3.05, 3.63) is 114 Å². The zero-order valence-corrected chi connectivity index (χ0v) is 37.4. The summed E-state index contributed by atoms with van der Waals surface area (Å²) in [5, 5.41) is 17.1. The van der Waals surface area contributed by atoms with Gasteiger partial charge in [0.2, 0.25) is 8.41 Å². The van der Waals surface area contributed by atoms with E-state index in [1.807, 2.05) is 108 Å². The van der Waals surface area contributed by atoms with Gasteiger partial charge in [0, 0.05) is 46.4 Å². The molecule has 5 saturated heterocycles. The fraction of sp³-hybridized carbons (Fsp3) is 0.449. The van der Waals surface area contributed by atoms with E-state index in [1.165, 1.54) is 0 Å². The molecule has 3 spiro atoms. The van der Waals surface area contributed by atoms with Crippen LogP contribution in [0.2, 0.25) is 18.6 Å². The Kier molecular flexibility index (Phi) is 10.5. The van der Waals surface area contributed by atoms with Gasteiger partial charge in [0.05, 0.1) is 31.7 Å². The summed E-state index contributed by atoms with van der Waals surface area (Å²) in [5.74, 6) is -0.760. The molecule has 0 aromatic heterocycles. The van der Waals surface area contributed by atoms with E-state index in [2.05, 4.69) is 32.6 Å². The number of aliphatic hydroxyl groups excluding tert-OH is 1. The Morgan fingerprint density at radius 2 is 1.22 bits per heavy atom. The molecule has 6 aliphatic heterocycles. The predicted molar refractivity (Wildman–Crippen MR) is 246 cm³/mol. The van der Waals surface area contributed by atoms with Crippen molar-refractivity contribution in [1.29, 1.82) is 0 Å².